The first-order valence-electron chi connectivity index (χ1n) is 15.9. The predicted octanol–water partition coefficient (Wildman–Crippen LogP) is 8.44. The Morgan fingerprint density at radius 1 is 0.864 bits per heavy atom. The fraction of sp³-hybridized carbons (Fsp3) is 0.378. The lowest BCUT2D eigenvalue weighted by Gasteiger charge is -2.18. The molecular formula is C37H43N3O4. The number of nitrogens with one attached hydrogen (secondary N) is 1. The number of aromatic amines is 1. The highest BCUT2D eigenvalue weighted by Gasteiger charge is 2.33. The fourth-order valence-corrected chi connectivity index (χ4v) is 5.76. The van der Waals surface area contributed by atoms with Crippen LogP contribution < -0.4 is 4.74 Å². The lowest BCUT2D eigenvalue weighted by Crippen LogP contribution is -2.24. The van der Waals surface area contributed by atoms with E-state index in [1.54, 1.807) is 19.2 Å². The maximum Gasteiger partial charge on any atom is 0.261 e. The number of unbranched alkanes of at least 4 members (excludes halogenated alkanes) is 4. The summed E-state index contributed by atoms with van der Waals surface area (Å²) in [5.41, 5.74) is 6.00. The first-order valence-corrected chi connectivity index (χ1v) is 15.9. The topological polar surface area (TPSA) is 84.0 Å². The predicted molar refractivity (Wildman–Crippen MR) is 176 cm³/mol. The molecule has 0 saturated heterocycles. The molecule has 2 aromatic carbocycles. The van der Waals surface area contributed by atoms with Crippen LogP contribution in [-0.4, -0.2) is 48.2 Å². The van der Waals surface area contributed by atoms with Crippen molar-refractivity contribution in [1.82, 2.24) is 9.88 Å². The van der Waals surface area contributed by atoms with Crippen LogP contribution in [0.3, 0.4) is 0 Å². The van der Waals surface area contributed by atoms with Crippen LogP contribution in [-0.2, 0) is 4.74 Å². The molecule has 0 spiro atoms. The van der Waals surface area contributed by atoms with Crippen LogP contribution >= 0.6 is 0 Å². The van der Waals surface area contributed by atoms with Crippen LogP contribution in [0.4, 0.5) is 0 Å². The van der Waals surface area contributed by atoms with Gasteiger partial charge in [0.25, 0.3) is 11.8 Å². The van der Waals surface area contributed by atoms with E-state index in [0.29, 0.717) is 29.4 Å². The highest BCUT2D eigenvalue weighted by atomic mass is 16.5. The molecule has 2 amide bonds. The summed E-state index contributed by atoms with van der Waals surface area (Å²) in [5, 5.41) is 0. The zero-order valence-corrected chi connectivity index (χ0v) is 26.3. The molecule has 1 N–H and O–H groups in total. The van der Waals surface area contributed by atoms with Crippen molar-refractivity contribution in [3.8, 4) is 17.0 Å². The van der Waals surface area contributed by atoms with Gasteiger partial charge in [0.05, 0.1) is 30.6 Å². The van der Waals surface area contributed by atoms with Gasteiger partial charge in [-0.15, -0.1) is 0 Å². The number of allylic oxidation sites excluding steroid dienone is 1. The van der Waals surface area contributed by atoms with E-state index >= 15 is 0 Å². The number of carbonyl (C=O) groups excluding carboxylic acids is 2. The minimum absolute atomic E-state index is 0.276. The zero-order chi connectivity index (χ0) is 31.1. The monoisotopic (exact) mass is 593 g/mol. The number of ether oxygens (including phenoxy) is 2. The van der Waals surface area contributed by atoms with Gasteiger partial charge in [0.2, 0.25) is 0 Å². The number of hydrogen-bond acceptors (Lipinski definition) is 5. The molecular weight excluding hydrogens is 550 g/mol. The Hall–Kier alpha value is -4.39. The molecule has 5 rings (SSSR count). The van der Waals surface area contributed by atoms with Crippen molar-refractivity contribution in [3.63, 3.8) is 0 Å². The van der Waals surface area contributed by atoms with Crippen molar-refractivity contribution in [2.24, 2.45) is 10.9 Å². The molecule has 0 fully saturated rings. The fourth-order valence-electron chi connectivity index (χ4n) is 5.76. The molecule has 2 aliphatic heterocycles. The van der Waals surface area contributed by atoms with Crippen LogP contribution in [0.15, 0.2) is 77.1 Å². The average molecular weight is 594 g/mol. The molecule has 1 unspecified atom stereocenters. The molecule has 0 radical (unpaired) electrons. The molecule has 3 heterocycles. The summed E-state index contributed by atoms with van der Waals surface area (Å²) < 4.78 is 11.8. The van der Waals surface area contributed by atoms with E-state index in [0.717, 1.165) is 57.5 Å². The van der Waals surface area contributed by atoms with Gasteiger partial charge < -0.3 is 14.5 Å². The molecule has 0 saturated carbocycles. The van der Waals surface area contributed by atoms with Crippen LogP contribution in [0.5, 0.6) is 5.75 Å². The molecule has 230 valence electrons. The van der Waals surface area contributed by atoms with Crippen molar-refractivity contribution < 1.29 is 19.1 Å². The van der Waals surface area contributed by atoms with E-state index in [4.69, 9.17) is 14.5 Å². The molecule has 1 atom stereocenters. The Balaban J connectivity index is 1.41. The number of fused-ring (bicyclic) bond motifs is 1. The third kappa shape index (κ3) is 7.04. The van der Waals surface area contributed by atoms with E-state index in [-0.39, 0.29) is 11.8 Å². The number of aliphatic imine (C=N–C) groups is 1. The number of hydrogen-bond donors (Lipinski definition) is 1. The number of imide groups is 1. The minimum atomic E-state index is -0.291. The third-order valence-electron chi connectivity index (χ3n) is 8.45. The number of methoxy groups -OCH3 is 1. The first kappa shape index (κ1) is 31.0. The van der Waals surface area contributed by atoms with Gasteiger partial charge >= 0.3 is 0 Å². The van der Waals surface area contributed by atoms with E-state index in [9.17, 15) is 9.59 Å². The summed E-state index contributed by atoms with van der Waals surface area (Å²) in [7, 11) is 3.17. The number of nitrogens with zero attached hydrogens (tertiary/aromatic N) is 2. The van der Waals surface area contributed by atoms with Gasteiger partial charge in [0.1, 0.15) is 17.2 Å². The maximum absolute atomic E-state index is 12.7. The summed E-state index contributed by atoms with van der Waals surface area (Å²) >= 11 is 0. The van der Waals surface area contributed by atoms with Crippen molar-refractivity contribution in [2.75, 3.05) is 20.8 Å². The van der Waals surface area contributed by atoms with E-state index in [1.807, 2.05) is 48.6 Å². The van der Waals surface area contributed by atoms with E-state index in [2.05, 4.69) is 24.9 Å². The van der Waals surface area contributed by atoms with Crippen molar-refractivity contribution in [3.05, 3.63) is 94.5 Å². The second kappa shape index (κ2) is 14.4. The molecule has 7 heteroatoms. The Labute approximate surface area is 260 Å². The van der Waals surface area contributed by atoms with E-state index < -0.39 is 0 Å². The zero-order valence-electron chi connectivity index (χ0n) is 26.3. The number of H-pyrrole nitrogens is 1. The summed E-state index contributed by atoms with van der Waals surface area (Å²) in [6.07, 6.45) is 13.6. The molecule has 0 aliphatic carbocycles. The lowest BCUT2D eigenvalue weighted by molar-refractivity contribution is 0.0693. The smallest absolute Gasteiger partial charge is 0.261 e. The summed E-state index contributed by atoms with van der Waals surface area (Å²) in [4.78, 5) is 34.8. The lowest BCUT2D eigenvalue weighted by atomic mass is 9.96. The van der Waals surface area contributed by atoms with Gasteiger partial charge in [0.15, 0.2) is 0 Å². The molecule has 7 nitrogen and oxygen atoms in total. The second-order valence-electron chi connectivity index (χ2n) is 11.7. The molecule has 1 aromatic heterocycles. The van der Waals surface area contributed by atoms with Crippen molar-refractivity contribution in [1.29, 1.82) is 0 Å². The molecule has 0 bridgehead atoms. The number of amides is 2. The summed E-state index contributed by atoms with van der Waals surface area (Å²) in [6, 6.07) is 17.4. The summed E-state index contributed by atoms with van der Waals surface area (Å²) in [5.74, 6) is 1.46. The average Bonchev–Trinajstić information content (AvgIpc) is 3.74. The number of aromatic nitrogens is 1. The van der Waals surface area contributed by atoms with Crippen LogP contribution in [0.2, 0.25) is 0 Å². The van der Waals surface area contributed by atoms with Gasteiger partial charge in [-0.1, -0.05) is 58.4 Å². The van der Waals surface area contributed by atoms with Gasteiger partial charge in [-0.05, 0) is 78.9 Å². The van der Waals surface area contributed by atoms with Crippen LogP contribution in [0.25, 0.3) is 17.3 Å². The number of rotatable bonds is 15. The maximum atomic E-state index is 12.7. The van der Waals surface area contributed by atoms with Gasteiger partial charge in [-0.3, -0.25) is 14.5 Å². The highest BCUT2D eigenvalue weighted by Crippen LogP contribution is 2.31. The van der Waals surface area contributed by atoms with Gasteiger partial charge in [-0.25, -0.2) is 4.99 Å². The largest absolute Gasteiger partial charge is 0.497 e. The quantitative estimate of drug-likeness (QED) is 0.142. The van der Waals surface area contributed by atoms with Crippen molar-refractivity contribution in [2.45, 2.75) is 65.2 Å². The molecule has 2 aliphatic rings. The first-order chi connectivity index (χ1) is 21.4. The minimum Gasteiger partial charge on any atom is -0.497 e. The Bertz CT molecular complexity index is 1580. The highest BCUT2D eigenvalue weighted by molar-refractivity contribution is 6.22. The number of benzene rings is 2. The van der Waals surface area contributed by atoms with Gasteiger partial charge in [0, 0.05) is 30.1 Å². The second-order valence-corrected chi connectivity index (χ2v) is 11.7. The molecule has 3 aromatic rings. The van der Waals surface area contributed by atoms with Crippen molar-refractivity contribution >= 4 is 23.6 Å². The number of carbonyl (C=O) groups is 2. The Morgan fingerprint density at radius 2 is 1.59 bits per heavy atom. The SMILES string of the molecule is CCCCCCC(CCCC)COC1=CC(c2ccc3c(c2)C(=O)N(C)C3=O)=NC1=Cc1ccc(-c2ccc(OC)cc2)[nH]1. The standard InChI is InChI=1S/C37H43N3O4/c1-5-7-9-10-12-25(11-8-6-2)24-44-35-23-33(27-15-19-30-31(21-27)37(42)40(3)36(30)41)39-34(35)22-28-16-20-32(38-28)26-13-17-29(43-4)18-14-26/h13-23,25,38H,5-12,24H2,1-4H3. The van der Waals surface area contributed by atoms with E-state index in [1.165, 1.54) is 45.6 Å². The Morgan fingerprint density at radius 3 is 2.34 bits per heavy atom. The van der Waals surface area contributed by atoms with Crippen LogP contribution in [0, 0.1) is 5.92 Å². The summed E-state index contributed by atoms with van der Waals surface area (Å²) in [6.45, 7) is 5.12. The Kier molecular flexibility index (Phi) is 10.2. The molecule has 44 heavy (non-hydrogen) atoms. The van der Waals surface area contributed by atoms with Gasteiger partial charge in [-0.2, -0.15) is 0 Å². The third-order valence-corrected chi connectivity index (χ3v) is 8.45. The van der Waals surface area contributed by atoms with Crippen LogP contribution in [0.1, 0.15) is 97.2 Å². The normalized spacial score (nSPS) is 15.9.